The molecule has 1 N–H and O–H groups in total. The number of pyridine rings is 1. The van der Waals surface area contributed by atoms with Crippen LogP contribution in [0.25, 0.3) is 10.9 Å². The summed E-state index contributed by atoms with van der Waals surface area (Å²) in [6.45, 7) is 5.08. The molecule has 1 aromatic heterocycles. The molecule has 3 aromatic rings. The highest BCUT2D eigenvalue weighted by Crippen LogP contribution is 2.19. The summed E-state index contributed by atoms with van der Waals surface area (Å²) in [5, 5.41) is 4.70. The smallest absolute Gasteiger partial charge is 0.0702 e. The summed E-state index contributed by atoms with van der Waals surface area (Å²) in [5.41, 5.74) is 6.07. The van der Waals surface area contributed by atoms with Crippen LogP contribution in [0.2, 0.25) is 0 Å². The van der Waals surface area contributed by atoms with Gasteiger partial charge in [-0.25, -0.2) is 0 Å². The van der Waals surface area contributed by atoms with Crippen molar-refractivity contribution in [3.05, 3.63) is 71.4 Å². The number of nitrogens with one attached hydrogen (secondary N) is 1. The summed E-state index contributed by atoms with van der Waals surface area (Å²) in [6.07, 6.45) is 1.83. The molecule has 0 saturated carbocycles. The second-order valence-electron chi connectivity index (χ2n) is 5.20. The van der Waals surface area contributed by atoms with Gasteiger partial charge in [0.15, 0.2) is 0 Å². The van der Waals surface area contributed by atoms with Gasteiger partial charge in [0.1, 0.15) is 0 Å². The topological polar surface area (TPSA) is 24.9 Å². The van der Waals surface area contributed by atoms with E-state index in [0.29, 0.717) is 0 Å². The molecule has 0 bridgehead atoms. The van der Waals surface area contributed by atoms with Crippen molar-refractivity contribution < 1.29 is 0 Å². The number of nitrogens with zero attached hydrogens (tertiary/aromatic N) is 1. The molecule has 0 spiro atoms. The van der Waals surface area contributed by atoms with Gasteiger partial charge in [-0.2, -0.15) is 0 Å². The van der Waals surface area contributed by atoms with Crippen molar-refractivity contribution in [2.75, 3.05) is 5.32 Å². The van der Waals surface area contributed by atoms with Gasteiger partial charge >= 0.3 is 0 Å². The number of aryl methyl sites for hydroxylation is 2. The third kappa shape index (κ3) is 2.64. The zero-order valence-electron chi connectivity index (χ0n) is 11.9. The fourth-order valence-corrected chi connectivity index (χ4v) is 2.36. The van der Waals surface area contributed by atoms with Crippen molar-refractivity contribution in [3.63, 3.8) is 0 Å². The lowest BCUT2D eigenvalue weighted by Crippen LogP contribution is -2.01. The van der Waals surface area contributed by atoms with E-state index >= 15 is 0 Å². The molecule has 0 saturated heterocycles. The molecule has 2 nitrogen and oxygen atoms in total. The van der Waals surface area contributed by atoms with Crippen molar-refractivity contribution in [3.8, 4) is 0 Å². The van der Waals surface area contributed by atoms with E-state index in [1.165, 1.54) is 27.8 Å². The lowest BCUT2D eigenvalue weighted by atomic mass is 10.1. The van der Waals surface area contributed by atoms with E-state index in [4.69, 9.17) is 0 Å². The van der Waals surface area contributed by atoms with Crippen LogP contribution >= 0.6 is 0 Å². The molecular weight excluding hydrogens is 244 g/mol. The Morgan fingerprint density at radius 1 is 1.00 bits per heavy atom. The molecule has 2 aromatic carbocycles. The van der Waals surface area contributed by atoms with Gasteiger partial charge in [0.25, 0.3) is 0 Å². The first kappa shape index (κ1) is 12.7. The Hall–Kier alpha value is -2.35. The predicted molar refractivity (Wildman–Crippen MR) is 85.0 cm³/mol. The predicted octanol–water partition coefficient (Wildman–Crippen LogP) is 4.46. The average Bonchev–Trinajstić information content (AvgIpc) is 2.48. The van der Waals surface area contributed by atoms with Crippen LogP contribution in [0.3, 0.4) is 0 Å². The number of aromatic nitrogens is 1. The first-order valence-corrected chi connectivity index (χ1v) is 6.87. The molecule has 3 rings (SSSR count). The highest BCUT2D eigenvalue weighted by Gasteiger charge is 2.00. The number of hydrogen-bond donors (Lipinski definition) is 1. The molecule has 0 fully saturated rings. The molecule has 20 heavy (non-hydrogen) atoms. The van der Waals surface area contributed by atoms with E-state index in [1.54, 1.807) is 0 Å². The number of hydrogen-bond acceptors (Lipinski definition) is 2. The number of rotatable bonds is 3. The molecule has 0 unspecified atom stereocenters. The fraction of sp³-hybridized carbons (Fsp3) is 0.167. The minimum Gasteiger partial charge on any atom is -0.381 e. The average molecular weight is 262 g/mol. The molecule has 0 radical (unpaired) electrons. The van der Waals surface area contributed by atoms with Gasteiger partial charge in [0.2, 0.25) is 0 Å². The van der Waals surface area contributed by atoms with Gasteiger partial charge in [-0.05, 0) is 54.8 Å². The van der Waals surface area contributed by atoms with E-state index in [2.05, 4.69) is 66.6 Å². The summed E-state index contributed by atoms with van der Waals surface area (Å²) in [4.78, 5) is 4.35. The lowest BCUT2D eigenvalue weighted by molar-refractivity contribution is 1.14. The quantitative estimate of drug-likeness (QED) is 0.753. The van der Waals surface area contributed by atoms with Crippen molar-refractivity contribution in [2.24, 2.45) is 0 Å². The van der Waals surface area contributed by atoms with Crippen LogP contribution in [0.4, 0.5) is 5.69 Å². The van der Waals surface area contributed by atoms with Gasteiger partial charge in [-0.3, -0.25) is 4.98 Å². The molecule has 0 atom stereocenters. The molecule has 0 aliphatic heterocycles. The third-order valence-electron chi connectivity index (χ3n) is 3.54. The van der Waals surface area contributed by atoms with Gasteiger partial charge < -0.3 is 5.32 Å². The van der Waals surface area contributed by atoms with Gasteiger partial charge in [-0.1, -0.05) is 24.3 Å². The Bertz CT molecular complexity index is 747. The first-order valence-electron chi connectivity index (χ1n) is 6.87. The minimum absolute atomic E-state index is 0.828. The Balaban J connectivity index is 1.81. The zero-order chi connectivity index (χ0) is 13.9. The minimum atomic E-state index is 0.828. The van der Waals surface area contributed by atoms with Gasteiger partial charge in [0, 0.05) is 23.8 Å². The summed E-state index contributed by atoms with van der Waals surface area (Å²) in [6, 6.07) is 17.0. The molecule has 1 heterocycles. The maximum atomic E-state index is 4.35. The number of benzene rings is 2. The molecule has 0 aliphatic carbocycles. The largest absolute Gasteiger partial charge is 0.381 e. The van der Waals surface area contributed by atoms with Crippen LogP contribution in [-0.2, 0) is 6.54 Å². The van der Waals surface area contributed by atoms with Crippen LogP contribution in [0.15, 0.2) is 54.7 Å². The van der Waals surface area contributed by atoms with Crippen molar-refractivity contribution in [1.82, 2.24) is 4.98 Å². The van der Waals surface area contributed by atoms with Crippen LogP contribution in [0.1, 0.15) is 16.7 Å². The summed E-state index contributed by atoms with van der Waals surface area (Å²) >= 11 is 0. The van der Waals surface area contributed by atoms with E-state index in [1.807, 2.05) is 12.3 Å². The molecule has 0 aliphatic rings. The van der Waals surface area contributed by atoms with Gasteiger partial charge in [-0.15, -0.1) is 0 Å². The standard InChI is InChI=1S/C18H18N2/c1-13-5-6-14(2)18(10-13)20-12-15-7-8-17-16(11-15)4-3-9-19-17/h3-11,20H,12H2,1-2H3. The Morgan fingerprint density at radius 3 is 2.80 bits per heavy atom. The number of fused-ring (bicyclic) bond motifs is 1. The van der Waals surface area contributed by atoms with Crippen molar-refractivity contribution >= 4 is 16.6 Å². The number of anilines is 1. The Morgan fingerprint density at radius 2 is 1.90 bits per heavy atom. The SMILES string of the molecule is Cc1ccc(C)c(NCc2ccc3ncccc3c2)c1. The first-order chi connectivity index (χ1) is 9.72. The van der Waals surface area contributed by atoms with Crippen LogP contribution in [-0.4, -0.2) is 4.98 Å². The van der Waals surface area contributed by atoms with Crippen molar-refractivity contribution in [1.29, 1.82) is 0 Å². The lowest BCUT2D eigenvalue weighted by Gasteiger charge is -2.11. The maximum absolute atomic E-state index is 4.35. The normalized spacial score (nSPS) is 10.7. The highest BCUT2D eigenvalue weighted by molar-refractivity contribution is 5.79. The Labute approximate surface area is 119 Å². The van der Waals surface area contributed by atoms with E-state index in [0.717, 1.165) is 12.1 Å². The summed E-state index contributed by atoms with van der Waals surface area (Å²) in [7, 11) is 0. The maximum Gasteiger partial charge on any atom is 0.0702 e. The monoisotopic (exact) mass is 262 g/mol. The van der Waals surface area contributed by atoms with Gasteiger partial charge in [0.05, 0.1) is 5.52 Å². The van der Waals surface area contributed by atoms with Crippen LogP contribution in [0.5, 0.6) is 0 Å². The van der Waals surface area contributed by atoms with E-state index in [-0.39, 0.29) is 0 Å². The highest BCUT2D eigenvalue weighted by atomic mass is 14.9. The fourth-order valence-electron chi connectivity index (χ4n) is 2.36. The molecular formula is C18H18N2. The van der Waals surface area contributed by atoms with Crippen LogP contribution in [0, 0.1) is 13.8 Å². The second kappa shape index (κ2) is 5.33. The molecule has 100 valence electrons. The second-order valence-corrected chi connectivity index (χ2v) is 5.20. The van der Waals surface area contributed by atoms with E-state index < -0.39 is 0 Å². The summed E-state index contributed by atoms with van der Waals surface area (Å²) < 4.78 is 0. The van der Waals surface area contributed by atoms with Crippen molar-refractivity contribution in [2.45, 2.75) is 20.4 Å². The summed E-state index contributed by atoms with van der Waals surface area (Å²) in [5.74, 6) is 0. The third-order valence-corrected chi connectivity index (χ3v) is 3.54. The molecule has 2 heteroatoms. The van der Waals surface area contributed by atoms with E-state index in [9.17, 15) is 0 Å². The van der Waals surface area contributed by atoms with Crippen LogP contribution < -0.4 is 5.32 Å². The zero-order valence-corrected chi connectivity index (χ0v) is 11.9. The Kier molecular flexibility index (Phi) is 3.38. The molecule has 0 amide bonds.